The van der Waals surface area contributed by atoms with Gasteiger partial charge in [0.05, 0.1) is 0 Å². The van der Waals surface area contributed by atoms with Crippen molar-refractivity contribution in [1.82, 2.24) is 0 Å². The van der Waals surface area contributed by atoms with Crippen LogP contribution in [-0.4, -0.2) is 35.6 Å². The predicted octanol–water partition coefficient (Wildman–Crippen LogP) is 1.11. The van der Waals surface area contributed by atoms with Gasteiger partial charge in [0.2, 0.25) is 0 Å². The van der Waals surface area contributed by atoms with Crippen LogP contribution in [0.1, 0.15) is 11.9 Å². The van der Waals surface area contributed by atoms with Crippen LogP contribution in [0.25, 0.3) is 0 Å². The molecule has 0 radical (unpaired) electrons. The largest absolute Gasteiger partial charge is 0.493 e. The summed E-state index contributed by atoms with van der Waals surface area (Å²) in [7, 11) is 5.40. The summed E-state index contributed by atoms with van der Waals surface area (Å²) in [5.41, 5.74) is 1.22. The van der Waals surface area contributed by atoms with E-state index in [0.717, 1.165) is 0 Å². The zero-order valence-corrected chi connectivity index (χ0v) is 10.4. The van der Waals surface area contributed by atoms with Gasteiger partial charge in [0, 0.05) is 34.0 Å². The molecule has 1 aromatic carbocycles. The molecule has 0 aromatic heterocycles. The Morgan fingerprint density at radius 1 is 1.06 bits per heavy atom. The minimum Gasteiger partial charge on any atom is -0.410 e. The second-order valence-corrected chi connectivity index (χ2v) is 3.38. The molecule has 0 bridgehead atoms. The van der Waals surface area contributed by atoms with Gasteiger partial charge in [0.25, 0.3) is 0 Å². The maximum absolute atomic E-state index is 13.3. The number of methoxy groups -OCH3 is 2. The molecule has 0 aliphatic rings. The number of hydrogen-bond acceptors (Lipinski definition) is 4. The molecule has 4 nitrogen and oxygen atoms in total. The van der Waals surface area contributed by atoms with E-state index in [-0.39, 0.29) is 5.82 Å². The van der Waals surface area contributed by atoms with Crippen molar-refractivity contribution in [3.8, 4) is 0 Å². The molecule has 1 rings (SSSR count). The molecule has 0 aliphatic heterocycles. The van der Waals surface area contributed by atoms with E-state index in [0.29, 0.717) is 11.0 Å². The summed E-state index contributed by atoms with van der Waals surface area (Å²) in [5.74, 6) is -0.367. The van der Waals surface area contributed by atoms with Crippen LogP contribution in [0.3, 0.4) is 0 Å². The van der Waals surface area contributed by atoms with E-state index in [9.17, 15) is 4.39 Å². The zero-order valence-electron chi connectivity index (χ0n) is 10.4. The number of rotatable bonds is 6. The number of ether oxygens (including phenoxy) is 2. The monoisotopic (exact) mass is 242 g/mol. The first-order valence-corrected chi connectivity index (χ1v) is 5.08. The Bertz CT molecular complexity index is 353. The van der Waals surface area contributed by atoms with E-state index in [1.165, 1.54) is 40.6 Å². The van der Waals surface area contributed by atoms with Crippen LogP contribution in [-0.2, 0) is 18.8 Å². The maximum Gasteiger partial charge on any atom is 0.493 e. The van der Waals surface area contributed by atoms with Crippen LogP contribution in [0.4, 0.5) is 4.39 Å². The summed E-state index contributed by atoms with van der Waals surface area (Å²) in [6.07, 6.45) is -0.659. The number of halogens is 1. The second kappa shape index (κ2) is 6.71. The van der Waals surface area contributed by atoms with Crippen LogP contribution < -0.4 is 5.46 Å². The summed E-state index contributed by atoms with van der Waals surface area (Å²) < 4.78 is 33.8. The highest BCUT2D eigenvalue weighted by molar-refractivity contribution is 6.61. The van der Waals surface area contributed by atoms with Gasteiger partial charge >= 0.3 is 7.12 Å². The lowest BCUT2D eigenvalue weighted by atomic mass is 9.75. The quantitative estimate of drug-likeness (QED) is 0.553. The first-order valence-electron chi connectivity index (χ1n) is 5.08. The molecule has 17 heavy (non-hydrogen) atoms. The SMILES string of the molecule is COB(OC)c1ccc(F)cc1C(OC)OC. The van der Waals surface area contributed by atoms with Crippen molar-refractivity contribution in [3.05, 3.63) is 29.6 Å². The summed E-state index contributed by atoms with van der Waals surface area (Å²) >= 11 is 0. The van der Waals surface area contributed by atoms with Crippen LogP contribution in [0.2, 0.25) is 0 Å². The maximum atomic E-state index is 13.3. The molecule has 0 saturated carbocycles. The van der Waals surface area contributed by atoms with Gasteiger partial charge in [-0.15, -0.1) is 0 Å². The third-order valence-electron chi connectivity index (χ3n) is 2.41. The molecule has 0 aliphatic carbocycles. The van der Waals surface area contributed by atoms with Crippen LogP contribution in [0.15, 0.2) is 18.2 Å². The van der Waals surface area contributed by atoms with Gasteiger partial charge in [-0.05, 0) is 17.6 Å². The van der Waals surface area contributed by atoms with Crippen molar-refractivity contribution in [2.24, 2.45) is 0 Å². The summed E-state index contributed by atoms with van der Waals surface area (Å²) in [4.78, 5) is 0. The van der Waals surface area contributed by atoms with Crippen LogP contribution >= 0.6 is 0 Å². The van der Waals surface area contributed by atoms with Gasteiger partial charge in [-0.25, -0.2) is 4.39 Å². The first-order chi connectivity index (χ1) is 8.17. The highest BCUT2D eigenvalue weighted by atomic mass is 19.1. The van der Waals surface area contributed by atoms with Crippen molar-refractivity contribution in [3.63, 3.8) is 0 Å². The predicted molar refractivity (Wildman–Crippen MR) is 62.6 cm³/mol. The minimum absolute atomic E-state index is 0.367. The fraction of sp³-hybridized carbons (Fsp3) is 0.455. The topological polar surface area (TPSA) is 36.9 Å². The van der Waals surface area contributed by atoms with E-state index >= 15 is 0 Å². The Balaban J connectivity index is 3.19. The average Bonchev–Trinajstić information content (AvgIpc) is 2.34. The molecule has 0 fully saturated rings. The first kappa shape index (κ1) is 14.1. The zero-order chi connectivity index (χ0) is 12.8. The molecule has 1 aromatic rings. The molecule has 0 spiro atoms. The van der Waals surface area contributed by atoms with Gasteiger partial charge in [-0.2, -0.15) is 0 Å². The van der Waals surface area contributed by atoms with Crippen LogP contribution in [0.5, 0.6) is 0 Å². The fourth-order valence-electron chi connectivity index (χ4n) is 1.66. The highest BCUT2D eigenvalue weighted by Gasteiger charge is 2.26. The molecule has 0 heterocycles. The Kier molecular flexibility index (Phi) is 5.57. The molecular formula is C11H16BFO4. The van der Waals surface area contributed by atoms with Gasteiger partial charge in [0.1, 0.15) is 5.82 Å². The van der Waals surface area contributed by atoms with E-state index in [1.54, 1.807) is 6.07 Å². The highest BCUT2D eigenvalue weighted by Crippen LogP contribution is 2.17. The van der Waals surface area contributed by atoms with Gasteiger partial charge < -0.3 is 18.8 Å². The van der Waals surface area contributed by atoms with Gasteiger partial charge in [0.15, 0.2) is 6.29 Å². The molecule has 0 atom stereocenters. The lowest BCUT2D eigenvalue weighted by molar-refractivity contribution is -0.105. The van der Waals surface area contributed by atoms with Gasteiger partial charge in [-0.3, -0.25) is 0 Å². The van der Waals surface area contributed by atoms with Crippen molar-refractivity contribution in [2.75, 3.05) is 28.4 Å². The molecule has 6 heteroatoms. The Morgan fingerprint density at radius 2 is 1.65 bits per heavy atom. The van der Waals surface area contributed by atoms with Crippen molar-refractivity contribution < 1.29 is 23.2 Å². The molecule has 0 N–H and O–H groups in total. The van der Waals surface area contributed by atoms with Crippen LogP contribution in [0, 0.1) is 5.82 Å². The standard InChI is InChI=1S/C11H16BFO4/c1-14-11(15-2)9-7-8(13)5-6-10(9)12(16-3)17-4/h5-7,11H,1-4H3. The third-order valence-corrected chi connectivity index (χ3v) is 2.41. The minimum atomic E-state index is -0.659. The van der Waals surface area contributed by atoms with E-state index in [4.69, 9.17) is 18.8 Å². The van der Waals surface area contributed by atoms with Gasteiger partial charge in [-0.1, -0.05) is 6.07 Å². The second-order valence-electron chi connectivity index (χ2n) is 3.38. The Labute approximate surface area is 101 Å². The van der Waals surface area contributed by atoms with E-state index in [1.807, 2.05) is 0 Å². The molecule has 0 unspecified atom stereocenters. The average molecular weight is 242 g/mol. The summed E-state index contributed by atoms with van der Waals surface area (Å²) in [5, 5.41) is 0. The normalized spacial score (nSPS) is 10.9. The number of hydrogen-bond donors (Lipinski definition) is 0. The molecule has 0 saturated heterocycles. The fourth-order valence-corrected chi connectivity index (χ4v) is 1.66. The third kappa shape index (κ3) is 3.26. The van der Waals surface area contributed by atoms with E-state index < -0.39 is 13.4 Å². The Morgan fingerprint density at radius 3 is 2.12 bits per heavy atom. The molecule has 94 valence electrons. The summed E-state index contributed by atoms with van der Waals surface area (Å²) in [6.45, 7) is 0. The van der Waals surface area contributed by atoms with E-state index in [2.05, 4.69) is 0 Å². The van der Waals surface area contributed by atoms with Crippen molar-refractivity contribution >= 4 is 12.6 Å². The Hall–Kier alpha value is -0.945. The van der Waals surface area contributed by atoms with Crippen molar-refractivity contribution in [1.29, 1.82) is 0 Å². The summed E-state index contributed by atoms with van der Waals surface area (Å²) in [6, 6.07) is 4.28. The lowest BCUT2D eigenvalue weighted by Gasteiger charge is -2.19. The molecular weight excluding hydrogens is 226 g/mol. The van der Waals surface area contributed by atoms with Crippen molar-refractivity contribution in [2.45, 2.75) is 6.29 Å². The smallest absolute Gasteiger partial charge is 0.410 e. The molecule has 0 amide bonds. The lowest BCUT2D eigenvalue weighted by Crippen LogP contribution is -2.38. The number of benzene rings is 1.